The van der Waals surface area contributed by atoms with E-state index in [1.54, 1.807) is 0 Å². The van der Waals surface area contributed by atoms with Crippen molar-refractivity contribution in [2.75, 3.05) is 0 Å². The molecular weight excluding hydrogens is 383 g/mol. The van der Waals surface area contributed by atoms with Crippen LogP contribution in [-0.2, 0) is 0 Å². The molecule has 1 unspecified atom stereocenters. The summed E-state index contributed by atoms with van der Waals surface area (Å²) < 4.78 is 1.01. The van der Waals surface area contributed by atoms with Crippen molar-refractivity contribution in [3.63, 3.8) is 0 Å². The van der Waals surface area contributed by atoms with Crippen molar-refractivity contribution in [1.82, 2.24) is 0 Å². The van der Waals surface area contributed by atoms with Gasteiger partial charge >= 0.3 is 0 Å². The SMILES string of the molecule is OC(c1ccc(I)c(Cl)c1)c1ccccc1C1CCC1. The fraction of sp³-hybridized carbons (Fsp3) is 0.294. The maximum Gasteiger partial charge on any atom is 0.104 e. The quantitative estimate of drug-likeness (QED) is 0.696. The Labute approximate surface area is 138 Å². The minimum atomic E-state index is -0.596. The average molecular weight is 399 g/mol. The summed E-state index contributed by atoms with van der Waals surface area (Å²) in [6.07, 6.45) is 3.17. The second-order valence-corrected chi connectivity index (χ2v) is 6.90. The van der Waals surface area contributed by atoms with Crippen LogP contribution in [0.25, 0.3) is 0 Å². The molecule has 0 radical (unpaired) electrons. The fourth-order valence-electron chi connectivity index (χ4n) is 2.71. The van der Waals surface area contributed by atoms with Crippen LogP contribution in [0.2, 0.25) is 5.02 Å². The maximum atomic E-state index is 10.7. The molecule has 2 aromatic carbocycles. The molecule has 0 heterocycles. The highest BCUT2D eigenvalue weighted by Gasteiger charge is 2.24. The van der Waals surface area contributed by atoms with Gasteiger partial charge in [-0.1, -0.05) is 48.4 Å². The van der Waals surface area contributed by atoms with E-state index in [9.17, 15) is 5.11 Å². The summed E-state index contributed by atoms with van der Waals surface area (Å²) >= 11 is 8.37. The van der Waals surface area contributed by atoms with Gasteiger partial charge in [-0.15, -0.1) is 0 Å². The van der Waals surface area contributed by atoms with Gasteiger partial charge in [-0.25, -0.2) is 0 Å². The molecule has 1 atom stereocenters. The van der Waals surface area contributed by atoms with Gasteiger partial charge in [0.25, 0.3) is 0 Å². The van der Waals surface area contributed by atoms with Crippen LogP contribution in [0.5, 0.6) is 0 Å². The van der Waals surface area contributed by atoms with Gasteiger partial charge in [0.05, 0.1) is 5.02 Å². The van der Waals surface area contributed by atoms with Crippen LogP contribution in [0.1, 0.15) is 48.0 Å². The number of hydrogen-bond donors (Lipinski definition) is 1. The normalized spacial score (nSPS) is 16.8. The fourth-order valence-corrected chi connectivity index (χ4v) is 3.24. The predicted molar refractivity (Wildman–Crippen MR) is 91.3 cm³/mol. The molecule has 0 saturated heterocycles. The summed E-state index contributed by atoms with van der Waals surface area (Å²) in [6.45, 7) is 0. The first-order valence-corrected chi connectivity index (χ1v) is 8.34. The van der Waals surface area contributed by atoms with E-state index in [1.807, 2.05) is 30.3 Å². The lowest BCUT2D eigenvalue weighted by molar-refractivity contribution is 0.217. The Balaban J connectivity index is 1.97. The molecule has 1 fully saturated rings. The molecule has 104 valence electrons. The van der Waals surface area contributed by atoms with E-state index in [1.165, 1.54) is 24.8 Å². The first-order valence-electron chi connectivity index (χ1n) is 6.88. The molecule has 1 nitrogen and oxygen atoms in total. The third kappa shape index (κ3) is 2.74. The molecule has 0 aromatic heterocycles. The molecule has 3 rings (SSSR count). The van der Waals surface area contributed by atoms with Gasteiger partial charge in [0.2, 0.25) is 0 Å². The number of aliphatic hydroxyl groups is 1. The monoisotopic (exact) mass is 398 g/mol. The largest absolute Gasteiger partial charge is 0.384 e. The third-order valence-electron chi connectivity index (χ3n) is 4.09. The van der Waals surface area contributed by atoms with Crippen LogP contribution in [0, 0.1) is 3.57 Å². The van der Waals surface area contributed by atoms with E-state index in [-0.39, 0.29) is 0 Å². The molecule has 3 heteroatoms. The molecule has 20 heavy (non-hydrogen) atoms. The summed E-state index contributed by atoms with van der Waals surface area (Å²) in [5.41, 5.74) is 3.18. The lowest BCUT2D eigenvalue weighted by Crippen LogP contribution is -2.13. The zero-order valence-corrected chi connectivity index (χ0v) is 13.9. The van der Waals surface area contributed by atoms with Crippen molar-refractivity contribution in [3.05, 3.63) is 67.7 Å². The van der Waals surface area contributed by atoms with Crippen LogP contribution in [0.4, 0.5) is 0 Å². The number of halogens is 2. The van der Waals surface area contributed by atoms with Crippen molar-refractivity contribution in [2.24, 2.45) is 0 Å². The van der Waals surface area contributed by atoms with Gasteiger partial charge in [0.1, 0.15) is 6.10 Å². The van der Waals surface area contributed by atoms with Crippen LogP contribution < -0.4 is 0 Å². The van der Waals surface area contributed by atoms with E-state index < -0.39 is 6.10 Å². The number of benzene rings is 2. The Kier molecular flexibility index (Phi) is 4.34. The van der Waals surface area contributed by atoms with Crippen molar-refractivity contribution < 1.29 is 5.11 Å². The topological polar surface area (TPSA) is 20.2 Å². The smallest absolute Gasteiger partial charge is 0.104 e. The second kappa shape index (κ2) is 6.04. The molecule has 0 spiro atoms. The minimum Gasteiger partial charge on any atom is -0.384 e. The van der Waals surface area contributed by atoms with Crippen LogP contribution in [-0.4, -0.2) is 5.11 Å². The van der Waals surface area contributed by atoms with Crippen molar-refractivity contribution in [2.45, 2.75) is 31.3 Å². The summed E-state index contributed by atoms with van der Waals surface area (Å²) in [6, 6.07) is 14.0. The van der Waals surface area contributed by atoms with Gasteiger partial charge in [0.15, 0.2) is 0 Å². The molecule has 0 aliphatic heterocycles. The van der Waals surface area contributed by atoms with E-state index >= 15 is 0 Å². The van der Waals surface area contributed by atoms with E-state index in [0.29, 0.717) is 10.9 Å². The third-order valence-corrected chi connectivity index (χ3v) is 5.67. The Bertz CT molecular complexity index is 622. The number of aliphatic hydroxyl groups excluding tert-OH is 1. The molecule has 0 bridgehead atoms. The highest BCUT2D eigenvalue weighted by atomic mass is 127. The Morgan fingerprint density at radius 2 is 1.90 bits per heavy atom. The molecule has 1 aliphatic carbocycles. The second-order valence-electron chi connectivity index (χ2n) is 5.33. The number of rotatable bonds is 3. The van der Waals surface area contributed by atoms with Crippen LogP contribution >= 0.6 is 34.2 Å². The minimum absolute atomic E-state index is 0.596. The van der Waals surface area contributed by atoms with E-state index in [2.05, 4.69) is 34.7 Å². The molecule has 1 saturated carbocycles. The highest BCUT2D eigenvalue weighted by molar-refractivity contribution is 14.1. The van der Waals surface area contributed by atoms with Gasteiger partial charge in [-0.3, -0.25) is 0 Å². The van der Waals surface area contributed by atoms with Crippen molar-refractivity contribution in [1.29, 1.82) is 0 Å². The lowest BCUT2D eigenvalue weighted by Gasteiger charge is -2.29. The summed E-state index contributed by atoms with van der Waals surface area (Å²) in [4.78, 5) is 0. The van der Waals surface area contributed by atoms with Gasteiger partial charge in [-0.05, 0) is 70.2 Å². The summed E-state index contributed by atoms with van der Waals surface area (Å²) in [7, 11) is 0. The zero-order valence-electron chi connectivity index (χ0n) is 11.0. The molecular formula is C17H16ClIO. The van der Waals surface area contributed by atoms with Crippen LogP contribution in [0.15, 0.2) is 42.5 Å². The molecule has 2 aromatic rings. The maximum absolute atomic E-state index is 10.7. The summed E-state index contributed by atoms with van der Waals surface area (Å²) in [5, 5.41) is 11.4. The Hall–Kier alpha value is -0.580. The summed E-state index contributed by atoms with van der Waals surface area (Å²) in [5.74, 6) is 0.611. The lowest BCUT2D eigenvalue weighted by atomic mass is 9.77. The first-order chi connectivity index (χ1) is 9.66. The Morgan fingerprint density at radius 1 is 1.15 bits per heavy atom. The molecule has 1 N–H and O–H groups in total. The Morgan fingerprint density at radius 3 is 2.55 bits per heavy atom. The van der Waals surface area contributed by atoms with Gasteiger partial charge in [-0.2, -0.15) is 0 Å². The van der Waals surface area contributed by atoms with E-state index in [0.717, 1.165) is 14.7 Å². The average Bonchev–Trinajstić information content (AvgIpc) is 2.40. The van der Waals surface area contributed by atoms with E-state index in [4.69, 9.17) is 11.6 Å². The predicted octanol–water partition coefficient (Wildman–Crippen LogP) is 5.29. The zero-order chi connectivity index (χ0) is 14.1. The van der Waals surface area contributed by atoms with Gasteiger partial charge < -0.3 is 5.11 Å². The molecule has 1 aliphatic rings. The number of hydrogen-bond acceptors (Lipinski definition) is 1. The first kappa shape index (κ1) is 14.4. The van der Waals surface area contributed by atoms with Crippen LogP contribution in [0.3, 0.4) is 0 Å². The standard InChI is InChI=1S/C17H16ClIO/c18-15-10-12(8-9-16(15)19)17(20)14-7-2-1-6-13(14)11-4-3-5-11/h1-2,6-11,17,20H,3-5H2. The molecule has 0 amide bonds. The highest BCUT2D eigenvalue weighted by Crippen LogP contribution is 2.40. The van der Waals surface area contributed by atoms with Gasteiger partial charge in [0, 0.05) is 3.57 Å². The van der Waals surface area contributed by atoms with Crippen molar-refractivity contribution in [3.8, 4) is 0 Å². The van der Waals surface area contributed by atoms with Crippen molar-refractivity contribution >= 4 is 34.2 Å².